The minimum Gasteiger partial charge on any atom is -0.464 e. The first-order valence-electron chi connectivity index (χ1n) is 9.42. The molecule has 4 heteroatoms. The summed E-state index contributed by atoms with van der Waals surface area (Å²) in [7, 11) is 0. The smallest absolute Gasteiger partial charge is 0.293 e. The Morgan fingerprint density at radius 1 is 1.24 bits per heavy atom. The second-order valence-electron chi connectivity index (χ2n) is 7.85. The maximum Gasteiger partial charge on any atom is 0.293 e. The Kier molecular flexibility index (Phi) is 6.28. The Morgan fingerprint density at radius 2 is 1.88 bits per heavy atom. The minimum atomic E-state index is -0.233. The normalized spacial score (nSPS) is 30.6. The number of nitrogens with zero attached hydrogens (tertiary/aromatic N) is 1. The summed E-state index contributed by atoms with van der Waals surface area (Å²) >= 11 is 0. The summed E-state index contributed by atoms with van der Waals surface area (Å²) in [6, 6.07) is 10.5. The van der Waals surface area contributed by atoms with Crippen molar-refractivity contribution in [1.82, 2.24) is 5.06 Å². The van der Waals surface area contributed by atoms with Crippen molar-refractivity contribution in [2.45, 2.75) is 84.6 Å². The van der Waals surface area contributed by atoms with Gasteiger partial charge in [-0.2, -0.15) is 5.06 Å². The van der Waals surface area contributed by atoms with Gasteiger partial charge in [0, 0.05) is 17.9 Å². The van der Waals surface area contributed by atoms with E-state index in [9.17, 15) is 4.79 Å². The van der Waals surface area contributed by atoms with Gasteiger partial charge in [-0.1, -0.05) is 58.0 Å². The molecule has 0 bridgehead atoms. The lowest BCUT2D eigenvalue weighted by atomic mass is 9.63. The molecule has 140 valence electrons. The monoisotopic (exact) mass is 347 g/mol. The fourth-order valence-electron chi connectivity index (χ4n) is 4.07. The summed E-state index contributed by atoms with van der Waals surface area (Å²) in [5.41, 5.74) is 0.716. The van der Waals surface area contributed by atoms with Crippen LogP contribution in [0.1, 0.15) is 72.5 Å². The van der Waals surface area contributed by atoms with E-state index in [-0.39, 0.29) is 29.2 Å². The average molecular weight is 347 g/mol. The van der Waals surface area contributed by atoms with E-state index in [1.165, 1.54) is 5.56 Å². The van der Waals surface area contributed by atoms with Crippen molar-refractivity contribution >= 4 is 6.47 Å². The second-order valence-corrected chi connectivity index (χ2v) is 7.85. The first-order valence-corrected chi connectivity index (χ1v) is 9.42. The van der Waals surface area contributed by atoms with E-state index in [1.807, 2.05) is 18.2 Å². The summed E-state index contributed by atoms with van der Waals surface area (Å²) in [4.78, 5) is 17.6. The van der Waals surface area contributed by atoms with E-state index in [0.717, 1.165) is 19.3 Å². The van der Waals surface area contributed by atoms with Crippen LogP contribution in [0, 0.1) is 5.41 Å². The number of hydrogen-bond donors (Lipinski definition) is 0. The van der Waals surface area contributed by atoms with Gasteiger partial charge in [0.25, 0.3) is 6.47 Å². The molecule has 2 rings (SSSR count). The van der Waals surface area contributed by atoms with E-state index in [1.54, 1.807) is 0 Å². The molecule has 1 fully saturated rings. The van der Waals surface area contributed by atoms with Crippen molar-refractivity contribution in [2.75, 3.05) is 0 Å². The van der Waals surface area contributed by atoms with Crippen molar-refractivity contribution in [2.24, 2.45) is 5.41 Å². The summed E-state index contributed by atoms with van der Waals surface area (Å²) in [6.07, 6.45) is 2.52. The first kappa shape index (κ1) is 19.9. The third-order valence-electron chi connectivity index (χ3n) is 6.42. The van der Waals surface area contributed by atoms with Gasteiger partial charge in [-0.25, -0.2) is 0 Å². The molecule has 0 aliphatic carbocycles. The molecule has 0 spiro atoms. The number of hydrogen-bond acceptors (Lipinski definition) is 4. The third-order valence-corrected chi connectivity index (χ3v) is 6.42. The molecular formula is C21H33NO3. The molecule has 1 aromatic carbocycles. The number of carbonyl (C=O) groups is 1. The van der Waals surface area contributed by atoms with Gasteiger partial charge in [-0.3, -0.25) is 9.63 Å². The van der Waals surface area contributed by atoms with Crippen LogP contribution in [0.5, 0.6) is 0 Å². The van der Waals surface area contributed by atoms with Crippen molar-refractivity contribution in [1.29, 1.82) is 0 Å². The zero-order chi connectivity index (χ0) is 18.7. The highest BCUT2D eigenvalue weighted by Crippen LogP contribution is 2.50. The van der Waals surface area contributed by atoms with E-state index in [2.05, 4.69) is 58.7 Å². The van der Waals surface area contributed by atoms with Gasteiger partial charge in [0.2, 0.25) is 0 Å². The Labute approximate surface area is 152 Å². The van der Waals surface area contributed by atoms with Crippen LogP contribution in [0.25, 0.3) is 0 Å². The van der Waals surface area contributed by atoms with Gasteiger partial charge in [-0.05, 0) is 32.3 Å². The first-order chi connectivity index (χ1) is 11.8. The highest BCUT2D eigenvalue weighted by atomic mass is 16.7. The molecule has 1 aliphatic rings. The zero-order valence-corrected chi connectivity index (χ0v) is 16.5. The summed E-state index contributed by atoms with van der Waals surface area (Å²) in [6.45, 7) is 13.6. The maximum atomic E-state index is 11.0. The molecule has 0 saturated carbocycles. The fourth-order valence-corrected chi connectivity index (χ4v) is 4.07. The molecule has 4 atom stereocenters. The quantitative estimate of drug-likeness (QED) is 0.658. The summed E-state index contributed by atoms with van der Waals surface area (Å²) < 4.78 is 5.50. The lowest BCUT2D eigenvalue weighted by Gasteiger charge is -2.59. The summed E-state index contributed by atoms with van der Waals surface area (Å²) in [5.74, 6) is 0. The predicted molar refractivity (Wildman–Crippen MR) is 99.9 cm³/mol. The van der Waals surface area contributed by atoms with Crippen LogP contribution in [0.3, 0.4) is 0 Å². The molecule has 0 aromatic heterocycles. The molecule has 0 amide bonds. The number of ether oxygens (including phenoxy) is 1. The van der Waals surface area contributed by atoms with Gasteiger partial charge in [0.05, 0.1) is 5.54 Å². The Balaban J connectivity index is 2.34. The van der Waals surface area contributed by atoms with E-state index >= 15 is 0 Å². The maximum absolute atomic E-state index is 11.0. The lowest BCUT2D eigenvalue weighted by Crippen LogP contribution is -2.67. The predicted octanol–water partition coefficient (Wildman–Crippen LogP) is 4.90. The summed E-state index contributed by atoms with van der Waals surface area (Å²) in [5, 5.41) is 2.20. The molecule has 1 saturated heterocycles. The third kappa shape index (κ3) is 3.61. The molecule has 25 heavy (non-hydrogen) atoms. The van der Waals surface area contributed by atoms with Gasteiger partial charge in [0.1, 0.15) is 12.2 Å². The molecule has 1 aromatic rings. The molecule has 1 aliphatic heterocycles. The number of piperidine rings is 1. The van der Waals surface area contributed by atoms with Crippen LogP contribution in [0.15, 0.2) is 30.3 Å². The second kappa shape index (κ2) is 7.88. The minimum absolute atomic E-state index is 0.0273. The lowest BCUT2D eigenvalue weighted by molar-refractivity contribution is -0.327. The van der Waals surface area contributed by atoms with E-state index < -0.39 is 0 Å². The Bertz CT molecular complexity index is 560. The van der Waals surface area contributed by atoms with Crippen LogP contribution in [0.4, 0.5) is 0 Å². The van der Waals surface area contributed by atoms with Crippen molar-refractivity contribution in [3.8, 4) is 0 Å². The van der Waals surface area contributed by atoms with Gasteiger partial charge in [0.15, 0.2) is 0 Å². The van der Waals surface area contributed by atoms with Crippen molar-refractivity contribution in [3.63, 3.8) is 0 Å². The van der Waals surface area contributed by atoms with Crippen LogP contribution in [-0.2, 0) is 14.4 Å². The molecule has 0 radical (unpaired) electrons. The van der Waals surface area contributed by atoms with E-state index in [4.69, 9.17) is 9.57 Å². The average Bonchev–Trinajstić information content (AvgIpc) is 2.62. The standard InChI is InChI=1S/C21H33NO3/c1-7-18-14-19(24-15-23)20(4,5)21(6,8-2)22(18)25-16(3)17-12-10-9-11-13-17/h9-13,15-16,18-19H,7-8,14H2,1-6H3. The van der Waals surface area contributed by atoms with Crippen molar-refractivity contribution in [3.05, 3.63) is 35.9 Å². The molecular weight excluding hydrogens is 314 g/mol. The molecule has 0 N–H and O–H groups in total. The Morgan fingerprint density at radius 3 is 2.40 bits per heavy atom. The highest BCUT2D eigenvalue weighted by molar-refractivity contribution is 5.38. The highest BCUT2D eigenvalue weighted by Gasteiger charge is 2.57. The SMILES string of the molecule is CCC1CC(OC=O)C(C)(C)C(C)(CC)N1OC(C)c1ccccc1. The van der Waals surface area contributed by atoms with E-state index in [0.29, 0.717) is 6.47 Å². The number of hydroxylamine groups is 2. The number of benzene rings is 1. The van der Waals surface area contributed by atoms with Crippen molar-refractivity contribution < 1.29 is 14.4 Å². The van der Waals surface area contributed by atoms with Gasteiger partial charge in [-0.15, -0.1) is 0 Å². The van der Waals surface area contributed by atoms with Gasteiger partial charge < -0.3 is 4.74 Å². The molecule has 4 nitrogen and oxygen atoms in total. The van der Waals surface area contributed by atoms with Crippen LogP contribution in [0.2, 0.25) is 0 Å². The largest absolute Gasteiger partial charge is 0.464 e. The number of carbonyl (C=O) groups excluding carboxylic acids is 1. The van der Waals surface area contributed by atoms with Crippen LogP contribution >= 0.6 is 0 Å². The Hall–Kier alpha value is -1.39. The molecule has 1 heterocycles. The molecule has 4 unspecified atom stereocenters. The topological polar surface area (TPSA) is 38.8 Å². The fraction of sp³-hybridized carbons (Fsp3) is 0.667. The van der Waals surface area contributed by atoms with Gasteiger partial charge >= 0.3 is 0 Å². The number of rotatable bonds is 7. The van der Waals surface area contributed by atoms with Crippen LogP contribution in [-0.4, -0.2) is 29.2 Å². The zero-order valence-electron chi connectivity index (χ0n) is 16.5. The van der Waals surface area contributed by atoms with Crippen LogP contribution < -0.4 is 0 Å².